The molecule has 2 aliphatic rings. The minimum atomic E-state index is -1.82. The van der Waals surface area contributed by atoms with Gasteiger partial charge in [0.05, 0.1) is 0 Å². The molecular formula is C25H32N2O6. The lowest BCUT2D eigenvalue weighted by Gasteiger charge is -2.41. The zero-order valence-electron chi connectivity index (χ0n) is 19.0. The first-order chi connectivity index (χ1) is 15.8. The zero-order valence-corrected chi connectivity index (χ0v) is 19.0. The van der Waals surface area contributed by atoms with E-state index in [-0.39, 0.29) is 12.5 Å². The monoisotopic (exact) mass is 456 g/mol. The number of fused-ring (bicyclic) bond motifs is 1. The molecule has 8 heteroatoms. The molecule has 1 aliphatic carbocycles. The van der Waals surface area contributed by atoms with Crippen molar-refractivity contribution in [1.29, 1.82) is 0 Å². The normalized spacial score (nSPS) is 21.1. The third-order valence-electron chi connectivity index (χ3n) is 6.43. The second-order valence-electron chi connectivity index (χ2n) is 8.74. The van der Waals surface area contributed by atoms with Gasteiger partial charge < -0.3 is 19.8 Å². The molecule has 4 rings (SSSR count). The molecule has 1 saturated heterocycles. The number of hydrogen-bond acceptors (Lipinski definition) is 5. The maximum atomic E-state index is 12.5. The molecular weight excluding hydrogens is 424 g/mol. The van der Waals surface area contributed by atoms with Crippen LogP contribution in [0.3, 0.4) is 0 Å². The van der Waals surface area contributed by atoms with Crippen LogP contribution in [0.2, 0.25) is 0 Å². The van der Waals surface area contributed by atoms with Crippen molar-refractivity contribution in [3.63, 3.8) is 0 Å². The van der Waals surface area contributed by atoms with E-state index in [4.69, 9.17) is 24.5 Å². The van der Waals surface area contributed by atoms with Gasteiger partial charge in [0.25, 0.3) is 5.91 Å². The summed E-state index contributed by atoms with van der Waals surface area (Å²) in [6, 6.07) is 14.9. The second-order valence-corrected chi connectivity index (χ2v) is 8.74. The van der Waals surface area contributed by atoms with Crippen LogP contribution in [0.5, 0.6) is 5.75 Å². The Kier molecular flexibility index (Phi) is 8.65. The number of aliphatic carboxylic acids is 2. The number of amides is 1. The molecule has 0 radical (unpaired) electrons. The van der Waals surface area contributed by atoms with E-state index in [1.54, 1.807) is 0 Å². The average molecular weight is 457 g/mol. The highest BCUT2D eigenvalue weighted by molar-refractivity contribution is 6.27. The lowest BCUT2D eigenvalue weighted by Crippen LogP contribution is -2.53. The summed E-state index contributed by atoms with van der Waals surface area (Å²) in [7, 11) is 0. The van der Waals surface area contributed by atoms with Gasteiger partial charge in [0.1, 0.15) is 5.75 Å². The third-order valence-corrected chi connectivity index (χ3v) is 6.43. The Morgan fingerprint density at radius 2 is 1.48 bits per heavy atom. The Balaban J connectivity index is 0.000000454. The largest absolute Gasteiger partial charge is 0.484 e. The highest BCUT2D eigenvalue weighted by Crippen LogP contribution is 2.27. The van der Waals surface area contributed by atoms with Gasteiger partial charge in [-0.05, 0) is 54.5 Å². The molecule has 8 nitrogen and oxygen atoms in total. The minimum Gasteiger partial charge on any atom is -0.484 e. The van der Waals surface area contributed by atoms with Gasteiger partial charge in [-0.3, -0.25) is 9.69 Å². The van der Waals surface area contributed by atoms with E-state index in [9.17, 15) is 4.79 Å². The number of ether oxygens (including phenoxy) is 1. The number of carboxylic acids is 2. The number of carbonyl (C=O) groups is 3. The molecule has 0 bridgehead atoms. The van der Waals surface area contributed by atoms with Crippen LogP contribution < -0.4 is 4.74 Å². The Morgan fingerprint density at radius 3 is 2.09 bits per heavy atom. The minimum absolute atomic E-state index is 0.0973. The fourth-order valence-electron chi connectivity index (χ4n) is 4.44. The maximum Gasteiger partial charge on any atom is 0.414 e. The fourth-order valence-corrected chi connectivity index (χ4v) is 4.44. The van der Waals surface area contributed by atoms with Crippen molar-refractivity contribution in [1.82, 2.24) is 9.80 Å². The lowest BCUT2D eigenvalue weighted by atomic mass is 9.86. The summed E-state index contributed by atoms with van der Waals surface area (Å²) in [5, 5.41) is 17.1. The maximum absolute atomic E-state index is 12.5. The van der Waals surface area contributed by atoms with Crippen molar-refractivity contribution < 1.29 is 29.3 Å². The van der Waals surface area contributed by atoms with Crippen LogP contribution in [0.15, 0.2) is 42.5 Å². The molecule has 1 amide bonds. The van der Waals surface area contributed by atoms with Crippen molar-refractivity contribution in [2.75, 3.05) is 32.8 Å². The van der Waals surface area contributed by atoms with Crippen LogP contribution in [0.4, 0.5) is 0 Å². The zero-order chi connectivity index (χ0) is 23.8. The van der Waals surface area contributed by atoms with Gasteiger partial charge in [0, 0.05) is 32.2 Å². The molecule has 0 unspecified atom stereocenters. The Hall–Kier alpha value is -3.13. The van der Waals surface area contributed by atoms with E-state index < -0.39 is 11.9 Å². The van der Waals surface area contributed by atoms with Crippen LogP contribution in [0, 0.1) is 5.92 Å². The van der Waals surface area contributed by atoms with Crippen molar-refractivity contribution in [3.8, 4) is 5.75 Å². The van der Waals surface area contributed by atoms with Crippen LogP contribution in [-0.4, -0.2) is 76.7 Å². The summed E-state index contributed by atoms with van der Waals surface area (Å²) < 4.78 is 5.78. The summed E-state index contributed by atoms with van der Waals surface area (Å²) in [5.41, 5.74) is 0. The standard InChI is InChI=1S/C23H30N2O2.C2H2O4/c1-18-6-9-21(10-7-18)24-12-14-25(15-13-24)23(26)17-27-22-11-8-19-4-2-3-5-20(19)16-22;3-1(4)2(5)6/h2-5,8,11,16,18,21H,6-7,9-10,12-15,17H2,1H3;(H,3,4)(H,5,6). The molecule has 1 heterocycles. The number of benzene rings is 2. The molecule has 2 aromatic rings. The summed E-state index contributed by atoms with van der Waals surface area (Å²) in [4.78, 5) is 35.3. The number of carbonyl (C=O) groups excluding carboxylic acids is 1. The van der Waals surface area contributed by atoms with Crippen molar-refractivity contribution >= 4 is 28.6 Å². The third kappa shape index (κ3) is 7.18. The van der Waals surface area contributed by atoms with Crippen LogP contribution >= 0.6 is 0 Å². The van der Waals surface area contributed by atoms with E-state index in [2.05, 4.69) is 24.0 Å². The number of rotatable bonds is 4. The van der Waals surface area contributed by atoms with Crippen LogP contribution in [0.25, 0.3) is 10.8 Å². The van der Waals surface area contributed by atoms with E-state index >= 15 is 0 Å². The second kappa shape index (κ2) is 11.7. The van der Waals surface area contributed by atoms with Crippen molar-refractivity contribution in [2.24, 2.45) is 5.92 Å². The van der Waals surface area contributed by atoms with Gasteiger partial charge in [-0.2, -0.15) is 0 Å². The van der Waals surface area contributed by atoms with Crippen molar-refractivity contribution in [2.45, 2.75) is 38.6 Å². The van der Waals surface area contributed by atoms with Gasteiger partial charge in [0.2, 0.25) is 0 Å². The molecule has 178 valence electrons. The van der Waals surface area contributed by atoms with Gasteiger partial charge in [0.15, 0.2) is 6.61 Å². The molecule has 1 aliphatic heterocycles. The van der Waals surface area contributed by atoms with Gasteiger partial charge in [-0.1, -0.05) is 37.3 Å². The summed E-state index contributed by atoms with van der Waals surface area (Å²) >= 11 is 0. The van der Waals surface area contributed by atoms with Gasteiger partial charge >= 0.3 is 11.9 Å². The predicted molar refractivity (Wildman–Crippen MR) is 124 cm³/mol. The summed E-state index contributed by atoms with van der Waals surface area (Å²) in [5.74, 6) is -1.90. The molecule has 2 aromatic carbocycles. The van der Waals surface area contributed by atoms with E-state index in [1.807, 2.05) is 35.2 Å². The quantitative estimate of drug-likeness (QED) is 0.681. The molecule has 0 atom stereocenters. The predicted octanol–water partition coefficient (Wildman–Crippen LogP) is 3.10. The first-order valence-electron chi connectivity index (χ1n) is 11.4. The SMILES string of the molecule is CC1CCC(N2CCN(C(=O)COc3ccc4ccccc4c3)CC2)CC1.O=C(O)C(=O)O. The molecule has 1 saturated carbocycles. The van der Waals surface area contributed by atoms with Gasteiger partial charge in [-0.15, -0.1) is 0 Å². The van der Waals surface area contributed by atoms with Crippen molar-refractivity contribution in [3.05, 3.63) is 42.5 Å². The first-order valence-corrected chi connectivity index (χ1v) is 11.4. The van der Waals surface area contributed by atoms with E-state index in [0.717, 1.165) is 49.3 Å². The first kappa shape index (κ1) is 24.5. The Morgan fingerprint density at radius 1 is 0.879 bits per heavy atom. The number of nitrogens with zero attached hydrogens (tertiary/aromatic N) is 2. The smallest absolute Gasteiger partial charge is 0.414 e. The molecule has 0 aromatic heterocycles. The van der Waals surface area contributed by atoms with Crippen LogP contribution in [-0.2, 0) is 14.4 Å². The molecule has 2 fully saturated rings. The van der Waals surface area contributed by atoms with Crippen LogP contribution in [0.1, 0.15) is 32.6 Å². The summed E-state index contributed by atoms with van der Waals surface area (Å²) in [6.45, 7) is 6.14. The molecule has 2 N–H and O–H groups in total. The Bertz CT molecular complexity index is 950. The fraction of sp³-hybridized carbons (Fsp3) is 0.480. The highest BCUT2D eigenvalue weighted by Gasteiger charge is 2.28. The summed E-state index contributed by atoms with van der Waals surface area (Å²) in [6.07, 6.45) is 5.34. The molecule has 33 heavy (non-hydrogen) atoms. The van der Waals surface area contributed by atoms with E-state index in [1.165, 1.54) is 31.1 Å². The topological polar surface area (TPSA) is 107 Å². The van der Waals surface area contributed by atoms with Gasteiger partial charge in [-0.25, -0.2) is 9.59 Å². The average Bonchev–Trinajstić information content (AvgIpc) is 2.83. The Labute approximate surface area is 193 Å². The lowest BCUT2D eigenvalue weighted by molar-refractivity contribution is -0.159. The van der Waals surface area contributed by atoms with E-state index in [0.29, 0.717) is 0 Å². The number of piperazine rings is 1. The highest BCUT2D eigenvalue weighted by atomic mass is 16.5. The molecule has 0 spiro atoms. The number of hydrogen-bond donors (Lipinski definition) is 2. The number of carboxylic acid groups (broad SMARTS) is 2.